The van der Waals surface area contributed by atoms with Gasteiger partial charge < -0.3 is 10.1 Å². The zero-order valence-electron chi connectivity index (χ0n) is 11.7. The lowest BCUT2D eigenvalue weighted by Crippen LogP contribution is -2.40. The maximum Gasteiger partial charge on any atom is 0.340 e. The van der Waals surface area contributed by atoms with Crippen LogP contribution in [0.5, 0.6) is 0 Å². The van der Waals surface area contributed by atoms with E-state index in [1.165, 1.54) is 12.1 Å². The molecule has 1 N–H and O–H groups in total. The normalized spacial score (nSPS) is 16.5. The molecule has 1 aromatic rings. The van der Waals surface area contributed by atoms with Gasteiger partial charge in [-0.3, -0.25) is 4.79 Å². The number of rotatable bonds is 4. The van der Waals surface area contributed by atoms with Crippen LogP contribution in [0, 0.1) is 0 Å². The van der Waals surface area contributed by atoms with Crippen molar-refractivity contribution in [3.05, 3.63) is 33.8 Å². The Hall–Kier alpha value is -1.26. The average molecular weight is 330 g/mol. The van der Waals surface area contributed by atoms with Gasteiger partial charge in [-0.1, -0.05) is 36.0 Å². The standard InChI is InChI=1S/C15H17Cl2NO3/c1-9(14(19)18-11-4-2-3-5-11)21-15(20)12-7-6-10(16)8-13(12)17/h6-9,11H,2-5H2,1H3,(H,18,19)/t9-/m0/s1. The van der Waals surface area contributed by atoms with E-state index in [0.717, 1.165) is 25.7 Å². The predicted molar refractivity (Wildman–Crippen MR) is 81.7 cm³/mol. The maximum absolute atomic E-state index is 12.0. The fraction of sp³-hybridized carbons (Fsp3) is 0.467. The molecule has 0 aliphatic heterocycles. The average Bonchev–Trinajstić information content (AvgIpc) is 2.91. The van der Waals surface area contributed by atoms with Crippen LogP contribution in [0.3, 0.4) is 0 Å². The van der Waals surface area contributed by atoms with Crippen molar-refractivity contribution in [1.82, 2.24) is 5.32 Å². The Balaban J connectivity index is 1.93. The number of hydrogen-bond acceptors (Lipinski definition) is 3. The van der Waals surface area contributed by atoms with E-state index in [4.69, 9.17) is 27.9 Å². The van der Waals surface area contributed by atoms with Crippen molar-refractivity contribution in [2.75, 3.05) is 0 Å². The van der Waals surface area contributed by atoms with Gasteiger partial charge in [0, 0.05) is 11.1 Å². The van der Waals surface area contributed by atoms with Gasteiger partial charge in [0.05, 0.1) is 10.6 Å². The molecule has 1 atom stereocenters. The first kappa shape index (κ1) is 16.1. The lowest BCUT2D eigenvalue weighted by molar-refractivity contribution is -0.129. The predicted octanol–water partition coefficient (Wildman–Crippen LogP) is 3.60. The van der Waals surface area contributed by atoms with Gasteiger partial charge in [0.2, 0.25) is 0 Å². The summed E-state index contributed by atoms with van der Waals surface area (Å²) in [7, 11) is 0. The molecule has 0 spiro atoms. The van der Waals surface area contributed by atoms with Crippen molar-refractivity contribution >= 4 is 35.1 Å². The monoisotopic (exact) mass is 329 g/mol. The van der Waals surface area contributed by atoms with E-state index in [1.54, 1.807) is 13.0 Å². The zero-order chi connectivity index (χ0) is 15.4. The van der Waals surface area contributed by atoms with E-state index in [-0.39, 0.29) is 22.5 Å². The lowest BCUT2D eigenvalue weighted by Gasteiger charge is -2.17. The molecule has 2 rings (SSSR count). The van der Waals surface area contributed by atoms with E-state index in [9.17, 15) is 9.59 Å². The van der Waals surface area contributed by atoms with Crippen LogP contribution in [0.4, 0.5) is 0 Å². The van der Waals surface area contributed by atoms with Gasteiger partial charge in [0.15, 0.2) is 6.10 Å². The second-order valence-corrected chi connectivity index (χ2v) is 6.01. The zero-order valence-corrected chi connectivity index (χ0v) is 13.2. The molecule has 0 aromatic heterocycles. The first-order chi connectivity index (χ1) is 9.97. The van der Waals surface area contributed by atoms with E-state index in [1.807, 2.05) is 0 Å². The highest BCUT2D eigenvalue weighted by atomic mass is 35.5. The molecule has 4 nitrogen and oxygen atoms in total. The van der Waals surface area contributed by atoms with E-state index in [2.05, 4.69) is 5.32 Å². The van der Waals surface area contributed by atoms with E-state index < -0.39 is 12.1 Å². The highest BCUT2D eigenvalue weighted by Gasteiger charge is 2.24. The van der Waals surface area contributed by atoms with Crippen LogP contribution < -0.4 is 5.32 Å². The summed E-state index contributed by atoms with van der Waals surface area (Å²) in [6.07, 6.45) is 3.36. The summed E-state index contributed by atoms with van der Waals surface area (Å²) in [6, 6.07) is 4.68. The van der Waals surface area contributed by atoms with E-state index >= 15 is 0 Å². The Morgan fingerprint density at radius 2 is 1.95 bits per heavy atom. The highest BCUT2D eigenvalue weighted by Crippen LogP contribution is 2.22. The van der Waals surface area contributed by atoms with Crippen LogP contribution in [-0.2, 0) is 9.53 Å². The Morgan fingerprint density at radius 1 is 1.29 bits per heavy atom. The minimum absolute atomic E-state index is 0.192. The molecule has 0 heterocycles. The Kier molecular flexibility index (Phi) is 5.48. The third kappa shape index (κ3) is 4.35. The summed E-state index contributed by atoms with van der Waals surface area (Å²) >= 11 is 11.7. The minimum Gasteiger partial charge on any atom is -0.449 e. The second kappa shape index (κ2) is 7.14. The summed E-state index contributed by atoms with van der Waals surface area (Å²) < 4.78 is 5.15. The molecule has 0 bridgehead atoms. The van der Waals surface area contributed by atoms with Crippen LogP contribution in [0.15, 0.2) is 18.2 Å². The molecule has 1 aliphatic rings. The Bertz CT molecular complexity index is 542. The second-order valence-electron chi connectivity index (χ2n) is 5.16. The fourth-order valence-electron chi connectivity index (χ4n) is 2.32. The van der Waals surface area contributed by atoms with Gasteiger partial charge in [-0.25, -0.2) is 4.79 Å². The highest BCUT2D eigenvalue weighted by molar-refractivity contribution is 6.36. The van der Waals surface area contributed by atoms with Crippen molar-refractivity contribution < 1.29 is 14.3 Å². The van der Waals surface area contributed by atoms with Gasteiger partial charge in [-0.05, 0) is 38.0 Å². The molecule has 1 aromatic carbocycles. The molecule has 0 saturated heterocycles. The Labute approximate surface area is 133 Å². The molecule has 1 saturated carbocycles. The SMILES string of the molecule is C[C@H](OC(=O)c1ccc(Cl)cc1Cl)C(=O)NC1CCCC1. The first-order valence-corrected chi connectivity index (χ1v) is 7.69. The lowest BCUT2D eigenvalue weighted by atomic mass is 10.2. The third-order valence-corrected chi connectivity index (χ3v) is 4.05. The summed E-state index contributed by atoms with van der Waals surface area (Å²) in [5, 5.41) is 3.53. The largest absolute Gasteiger partial charge is 0.449 e. The molecule has 21 heavy (non-hydrogen) atoms. The summed E-state index contributed by atoms with van der Waals surface area (Å²) in [6.45, 7) is 1.55. The molecule has 0 unspecified atom stereocenters. The summed E-state index contributed by atoms with van der Waals surface area (Å²) in [5.74, 6) is -0.911. The number of benzene rings is 1. The molecular weight excluding hydrogens is 313 g/mol. The first-order valence-electron chi connectivity index (χ1n) is 6.94. The number of halogens is 2. The third-order valence-electron chi connectivity index (χ3n) is 3.51. The van der Waals surface area contributed by atoms with Crippen LogP contribution in [0.25, 0.3) is 0 Å². The van der Waals surface area contributed by atoms with Gasteiger partial charge in [0.1, 0.15) is 0 Å². The van der Waals surface area contributed by atoms with Gasteiger partial charge in [-0.15, -0.1) is 0 Å². The maximum atomic E-state index is 12.0. The molecule has 1 amide bonds. The minimum atomic E-state index is -0.857. The fourth-order valence-corrected chi connectivity index (χ4v) is 2.81. The van der Waals surface area contributed by atoms with E-state index in [0.29, 0.717) is 5.02 Å². The summed E-state index contributed by atoms with van der Waals surface area (Å²) in [5.41, 5.74) is 0.196. The van der Waals surface area contributed by atoms with Gasteiger partial charge in [0.25, 0.3) is 5.91 Å². The molecule has 114 valence electrons. The van der Waals surface area contributed by atoms with Crippen LogP contribution in [0.1, 0.15) is 43.0 Å². The van der Waals surface area contributed by atoms with Crippen molar-refractivity contribution in [2.45, 2.75) is 44.8 Å². The van der Waals surface area contributed by atoms with Gasteiger partial charge >= 0.3 is 5.97 Å². The number of hydrogen-bond donors (Lipinski definition) is 1. The number of carbonyl (C=O) groups excluding carboxylic acids is 2. The van der Waals surface area contributed by atoms with Crippen molar-refractivity contribution in [1.29, 1.82) is 0 Å². The topological polar surface area (TPSA) is 55.4 Å². The van der Waals surface area contributed by atoms with Crippen molar-refractivity contribution in [3.8, 4) is 0 Å². The molecular formula is C15H17Cl2NO3. The van der Waals surface area contributed by atoms with Gasteiger partial charge in [-0.2, -0.15) is 0 Å². The number of ether oxygens (including phenoxy) is 1. The number of esters is 1. The van der Waals surface area contributed by atoms with Crippen molar-refractivity contribution in [3.63, 3.8) is 0 Å². The quantitative estimate of drug-likeness (QED) is 0.858. The molecule has 1 aliphatic carbocycles. The Morgan fingerprint density at radius 3 is 2.57 bits per heavy atom. The number of carbonyl (C=O) groups is 2. The molecule has 1 fully saturated rings. The summed E-state index contributed by atoms with van der Waals surface area (Å²) in [4.78, 5) is 24.0. The van der Waals surface area contributed by atoms with Crippen LogP contribution in [0.2, 0.25) is 10.0 Å². The smallest absolute Gasteiger partial charge is 0.340 e. The molecule has 6 heteroatoms. The van der Waals surface area contributed by atoms with Crippen LogP contribution in [-0.4, -0.2) is 24.0 Å². The van der Waals surface area contributed by atoms with Crippen molar-refractivity contribution in [2.24, 2.45) is 0 Å². The number of amides is 1. The molecule has 0 radical (unpaired) electrons. The van der Waals surface area contributed by atoms with Crippen LogP contribution >= 0.6 is 23.2 Å². The number of nitrogens with one attached hydrogen (secondary N) is 1.